The number of nitrogens with zero attached hydrogens (tertiary/aromatic N) is 3. The van der Waals surface area contributed by atoms with Crippen LogP contribution < -0.4 is 11.5 Å². The summed E-state index contributed by atoms with van der Waals surface area (Å²) in [7, 11) is 0. The van der Waals surface area contributed by atoms with Crippen molar-refractivity contribution in [2.75, 3.05) is 12.3 Å². The summed E-state index contributed by atoms with van der Waals surface area (Å²) in [4.78, 5) is 9.27. The van der Waals surface area contributed by atoms with Crippen molar-refractivity contribution >= 4 is 38.4 Å². The molecule has 0 aliphatic rings. The fourth-order valence-corrected chi connectivity index (χ4v) is 3.45. The molecular formula is C18H16BrN5. The summed E-state index contributed by atoms with van der Waals surface area (Å²) in [6, 6.07) is 16.0. The number of fused-ring (bicyclic) bond motifs is 3. The number of aromatic nitrogens is 3. The van der Waals surface area contributed by atoms with Gasteiger partial charge in [0.15, 0.2) is 11.5 Å². The van der Waals surface area contributed by atoms with Gasteiger partial charge < -0.3 is 11.5 Å². The van der Waals surface area contributed by atoms with E-state index in [0.717, 1.165) is 32.5 Å². The van der Waals surface area contributed by atoms with Crippen molar-refractivity contribution in [3.63, 3.8) is 0 Å². The molecule has 0 saturated heterocycles. The Bertz CT molecular complexity index is 1050. The molecule has 0 radical (unpaired) electrons. The van der Waals surface area contributed by atoms with Crippen molar-refractivity contribution in [2.24, 2.45) is 5.73 Å². The van der Waals surface area contributed by atoms with Gasteiger partial charge in [0.05, 0.1) is 22.4 Å². The lowest BCUT2D eigenvalue weighted by Crippen LogP contribution is -2.07. The summed E-state index contributed by atoms with van der Waals surface area (Å²) in [5.74, 6) is 0.424. The SMILES string of the molecule is NCCc1c(-c2cccc(Br)c2)nc2c(N)nc3ccccc3n12. The average Bonchev–Trinajstić information content (AvgIpc) is 2.96. The average molecular weight is 382 g/mol. The van der Waals surface area contributed by atoms with Crippen LogP contribution in [-0.4, -0.2) is 20.9 Å². The molecule has 0 unspecified atom stereocenters. The topological polar surface area (TPSA) is 82.2 Å². The van der Waals surface area contributed by atoms with E-state index in [1.54, 1.807) is 0 Å². The number of anilines is 1. The second-order valence-electron chi connectivity index (χ2n) is 5.60. The molecule has 0 bridgehead atoms. The van der Waals surface area contributed by atoms with Crippen LogP contribution in [0.4, 0.5) is 5.82 Å². The molecule has 4 aromatic rings. The van der Waals surface area contributed by atoms with Crippen molar-refractivity contribution in [1.29, 1.82) is 0 Å². The van der Waals surface area contributed by atoms with Crippen molar-refractivity contribution in [3.05, 3.63) is 58.7 Å². The fraction of sp³-hybridized carbons (Fsp3) is 0.111. The molecule has 120 valence electrons. The number of nitrogens with two attached hydrogens (primary N) is 2. The number of hydrogen-bond acceptors (Lipinski definition) is 4. The third-order valence-electron chi connectivity index (χ3n) is 4.04. The van der Waals surface area contributed by atoms with Gasteiger partial charge >= 0.3 is 0 Å². The normalized spacial score (nSPS) is 11.4. The molecule has 4 N–H and O–H groups in total. The molecule has 0 saturated carbocycles. The van der Waals surface area contributed by atoms with Gasteiger partial charge in [-0.15, -0.1) is 0 Å². The molecule has 2 aromatic carbocycles. The van der Waals surface area contributed by atoms with Gasteiger partial charge in [0.2, 0.25) is 0 Å². The molecule has 0 spiro atoms. The number of nitrogen functional groups attached to an aromatic ring is 1. The summed E-state index contributed by atoms with van der Waals surface area (Å²) in [6.07, 6.45) is 0.705. The molecule has 0 atom stereocenters. The first kappa shape index (κ1) is 15.1. The highest BCUT2D eigenvalue weighted by Gasteiger charge is 2.18. The maximum Gasteiger partial charge on any atom is 0.181 e. The molecule has 24 heavy (non-hydrogen) atoms. The summed E-state index contributed by atoms with van der Waals surface area (Å²) in [5.41, 5.74) is 17.5. The van der Waals surface area contributed by atoms with Crippen LogP contribution in [0.1, 0.15) is 5.69 Å². The molecule has 0 fully saturated rings. The van der Waals surface area contributed by atoms with E-state index in [-0.39, 0.29) is 0 Å². The Labute approximate surface area is 147 Å². The third-order valence-corrected chi connectivity index (χ3v) is 4.54. The largest absolute Gasteiger partial charge is 0.381 e. The van der Waals surface area contributed by atoms with Gasteiger partial charge in [-0.3, -0.25) is 4.40 Å². The van der Waals surface area contributed by atoms with Gasteiger partial charge in [0.1, 0.15) is 0 Å². The van der Waals surface area contributed by atoms with Crippen LogP contribution in [0.25, 0.3) is 27.9 Å². The van der Waals surface area contributed by atoms with Crippen LogP contribution in [0.5, 0.6) is 0 Å². The predicted molar refractivity (Wildman–Crippen MR) is 101 cm³/mol. The smallest absolute Gasteiger partial charge is 0.181 e. The number of rotatable bonds is 3. The molecule has 5 nitrogen and oxygen atoms in total. The first-order valence-corrected chi connectivity index (χ1v) is 8.50. The lowest BCUT2D eigenvalue weighted by Gasteiger charge is -2.08. The minimum absolute atomic E-state index is 0.424. The summed E-state index contributed by atoms with van der Waals surface area (Å²) < 4.78 is 3.09. The van der Waals surface area contributed by atoms with Gasteiger partial charge in [0.25, 0.3) is 0 Å². The molecule has 2 aromatic heterocycles. The number of imidazole rings is 1. The van der Waals surface area contributed by atoms with Crippen LogP contribution in [0.3, 0.4) is 0 Å². The second-order valence-corrected chi connectivity index (χ2v) is 6.52. The maximum atomic E-state index is 6.17. The molecule has 0 aliphatic carbocycles. The first-order chi connectivity index (χ1) is 11.7. The zero-order valence-electron chi connectivity index (χ0n) is 12.9. The Kier molecular flexibility index (Phi) is 3.70. The van der Waals surface area contributed by atoms with Crippen molar-refractivity contribution < 1.29 is 0 Å². The first-order valence-electron chi connectivity index (χ1n) is 7.70. The summed E-state index contributed by atoms with van der Waals surface area (Å²) >= 11 is 3.52. The summed E-state index contributed by atoms with van der Waals surface area (Å²) in [5, 5.41) is 0. The number of hydrogen-bond donors (Lipinski definition) is 2. The molecule has 2 heterocycles. The van der Waals surface area contributed by atoms with E-state index < -0.39 is 0 Å². The Morgan fingerprint density at radius 2 is 1.88 bits per heavy atom. The van der Waals surface area contributed by atoms with E-state index in [2.05, 4.69) is 25.3 Å². The Hall–Kier alpha value is -2.44. The standard InChI is InChI=1S/C18H16BrN5/c19-12-5-3-4-11(10-12)16-15(8-9-20)24-14-7-2-1-6-13(14)22-17(21)18(24)23-16/h1-7,10H,8-9,20H2,(H2,21,22). The molecule has 4 rings (SSSR count). The quantitative estimate of drug-likeness (QED) is 0.569. The van der Waals surface area contributed by atoms with Gasteiger partial charge in [0, 0.05) is 16.5 Å². The maximum absolute atomic E-state index is 6.17. The molecular weight excluding hydrogens is 366 g/mol. The van der Waals surface area contributed by atoms with Gasteiger partial charge in [-0.05, 0) is 30.8 Å². The Morgan fingerprint density at radius 1 is 1.04 bits per heavy atom. The highest BCUT2D eigenvalue weighted by Crippen LogP contribution is 2.30. The fourth-order valence-electron chi connectivity index (χ4n) is 3.05. The van der Waals surface area contributed by atoms with Gasteiger partial charge in [-0.1, -0.05) is 40.2 Å². The number of halogens is 1. The molecule has 6 heteroatoms. The highest BCUT2D eigenvalue weighted by atomic mass is 79.9. The zero-order chi connectivity index (χ0) is 16.7. The third kappa shape index (κ3) is 2.35. The molecule has 0 amide bonds. The van der Waals surface area contributed by atoms with E-state index in [9.17, 15) is 0 Å². The lowest BCUT2D eigenvalue weighted by molar-refractivity contribution is 0.917. The van der Waals surface area contributed by atoms with E-state index in [0.29, 0.717) is 24.4 Å². The van der Waals surface area contributed by atoms with Crippen LogP contribution in [0.2, 0.25) is 0 Å². The van der Waals surface area contributed by atoms with Crippen LogP contribution in [0.15, 0.2) is 53.0 Å². The number of benzene rings is 2. The summed E-state index contributed by atoms with van der Waals surface area (Å²) in [6.45, 7) is 0.533. The minimum Gasteiger partial charge on any atom is -0.381 e. The predicted octanol–water partition coefficient (Wildman–Crippen LogP) is 3.40. The van der Waals surface area contributed by atoms with Crippen LogP contribution >= 0.6 is 15.9 Å². The van der Waals surface area contributed by atoms with E-state index in [4.69, 9.17) is 16.5 Å². The Balaban J connectivity index is 2.13. The van der Waals surface area contributed by atoms with Crippen LogP contribution in [0, 0.1) is 0 Å². The van der Waals surface area contributed by atoms with Gasteiger partial charge in [-0.25, -0.2) is 9.97 Å². The van der Waals surface area contributed by atoms with E-state index in [1.807, 2.05) is 48.5 Å². The van der Waals surface area contributed by atoms with Crippen molar-refractivity contribution in [1.82, 2.24) is 14.4 Å². The zero-order valence-corrected chi connectivity index (χ0v) is 14.5. The highest BCUT2D eigenvalue weighted by molar-refractivity contribution is 9.10. The van der Waals surface area contributed by atoms with Crippen molar-refractivity contribution in [3.8, 4) is 11.3 Å². The van der Waals surface area contributed by atoms with E-state index >= 15 is 0 Å². The second kappa shape index (κ2) is 5.89. The number of para-hydroxylation sites is 2. The van der Waals surface area contributed by atoms with Gasteiger partial charge in [-0.2, -0.15) is 0 Å². The minimum atomic E-state index is 0.424. The molecule has 0 aliphatic heterocycles. The van der Waals surface area contributed by atoms with Crippen molar-refractivity contribution in [2.45, 2.75) is 6.42 Å². The monoisotopic (exact) mass is 381 g/mol. The Morgan fingerprint density at radius 3 is 2.67 bits per heavy atom. The van der Waals surface area contributed by atoms with E-state index in [1.165, 1.54) is 0 Å². The lowest BCUT2D eigenvalue weighted by atomic mass is 10.1. The van der Waals surface area contributed by atoms with Crippen LogP contribution in [-0.2, 0) is 6.42 Å².